The average molecular weight is 285 g/mol. The Hall–Kier alpha value is -1.26. The van der Waals surface area contributed by atoms with E-state index in [0.717, 1.165) is 6.42 Å². The van der Waals surface area contributed by atoms with Crippen molar-refractivity contribution in [1.82, 2.24) is 4.90 Å². The number of nitrogens with two attached hydrogens (primary N) is 1. The molecule has 0 heterocycles. The van der Waals surface area contributed by atoms with Crippen LogP contribution in [0, 0.1) is 0 Å². The molecule has 1 aromatic rings. The van der Waals surface area contributed by atoms with Crippen LogP contribution in [0.1, 0.15) is 19.8 Å². The van der Waals surface area contributed by atoms with Crippen molar-refractivity contribution in [2.75, 3.05) is 20.2 Å². The van der Waals surface area contributed by atoms with Gasteiger partial charge in [0.05, 0.1) is 12.6 Å². The third kappa shape index (κ3) is 5.49. The normalized spacial score (nSPS) is 12.0. The van der Waals surface area contributed by atoms with Crippen LogP contribution in [-0.2, 0) is 4.79 Å². The van der Waals surface area contributed by atoms with Crippen LogP contribution in [0.5, 0.6) is 5.75 Å². The highest BCUT2D eigenvalue weighted by Crippen LogP contribution is 2.16. The van der Waals surface area contributed by atoms with Crippen molar-refractivity contribution in [2.24, 2.45) is 5.73 Å². The van der Waals surface area contributed by atoms with E-state index in [2.05, 4.69) is 0 Å². The number of amides is 1. The minimum atomic E-state index is -0.416. The smallest absolute Gasteiger partial charge is 0.239 e. The van der Waals surface area contributed by atoms with E-state index in [1.807, 2.05) is 19.1 Å². The Morgan fingerprint density at radius 3 is 2.89 bits per heavy atom. The van der Waals surface area contributed by atoms with E-state index in [0.29, 0.717) is 30.3 Å². The minimum Gasteiger partial charge on any atom is -0.492 e. The first-order valence-corrected chi connectivity index (χ1v) is 6.81. The zero-order chi connectivity index (χ0) is 14.3. The van der Waals surface area contributed by atoms with Gasteiger partial charge in [-0.05, 0) is 24.6 Å². The van der Waals surface area contributed by atoms with Gasteiger partial charge in [-0.2, -0.15) is 0 Å². The van der Waals surface area contributed by atoms with E-state index < -0.39 is 6.04 Å². The van der Waals surface area contributed by atoms with Crippen molar-refractivity contribution < 1.29 is 9.53 Å². The van der Waals surface area contributed by atoms with Gasteiger partial charge >= 0.3 is 0 Å². The fraction of sp³-hybridized carbons (Fsp3) is 0.500. The van der Waals surface area contributed by atoms with Gasteiger partial charge in [-0.1, -0.05) is 31.0 Å². The number of ether oxygens (including phenoxy) is 1. The Bertz CT molecular complexity index is 412. The molecule has 0 aliphatic heterocycles. The van der Waals surface area contributed by atoms with Crippen LogP contribution < -0.4 is 10.5 Å². The standard InChI is InChI=1S/C14H21ClN2O2/c1-3-5-13(16)14(18)17(2)8-9-19-12-7-4-6-11(15)10-12/h4,6-7,10,13H,3,5,8-9,16H2,1-2H3/t13-/m1/s1. The summed E-state index contributed by atoms with van der Waals surface area (Å²) in [7, 11) is 1.74. The number of hydrogen-bond donors (Lipinski definition) is 1. The maximum atomic E-state index is 11.9. The summed E-state index contributed by atoms with van der Waals surface area (Å²) < 4.78 is 5.53. The first-order chi connectivity index (χ1) is 9.04. The molecule has 0 fully saturated rings. The number of nitrogens with zero attached hydrogens (tertiary/aromatic N) is 1. The zero-order valence-corrected chi connectivity index (χ0v) is 12.2. The maximum Gasteiger partial charge on any atom is 0.239 e. The molecular weight excluding hydrogens is 264 g/mol. The number of benzene rings is 1. The summed E-state index contributed by atoms with van der Waals surface area (Å²) in [4.78, 5) is 13.5. The first kappa shape index (κ1) is 15.8. The number of rotatable bonds is 7. The van der Waals surface area contributed by atoms with Crippen LogP contribution >= 0.6 is 11.6 Å². The molecule has 0 bridgehead atoms. The molecule has 1 amide bonds. The number of carbonyl (C=O) groups is 1. The van der Waals surface area contributed by atoms with Gasteiger partial charge in [0.25, 0.3) is 0 Å². The molecule has 106 valence electrons. The summed E-state index contributed by atoms with van der Waals surface area (Å²) in [6, 6.07) is 6.77. The molecule has 0 unspecified atom stereocenters. The Labute approximate surface area is 119 Å². The lowest BCUT2D eigenvalue weighted by molar-refractivity contribution is -0.131. The molecule has 0 saturated heterocycles. The van der Waals surface area contributed by atoms with Gasteiger partial charge in [-0.3, -0.25) is 4.79 Å². The van der Waals surface area contributed by atoms with Crippen LogP contribution in [0.25, 0.3) is 0 Å². The zero-order valence-electron chi connectivity index (χ0n) is 11.4. The Morgan fingerprint density at radius 2 is 2.26 bits per heavy atom. The van der Waals surface area contributed by atoms with Gasteiger partial charge < -0.3 is 15.4 Å². The van der Waals surface area contributed by atoms with Gasteiger partial charge in [-0.15, -0.1) is 0 Å². The predicted octanol–water partition coefficient (Wildman–Crippen LogP) is 2.30. The second kappa shape index (κ2) is 8.02. The van der Waals surface area contributed by atoms with E-state index >= 15 is 0 Å². The van der Waals surface area contributed by atoms with Gasteiger partial charge in [-0.25, -0.2) is 0 Å². The highest BCUT2D eigenvalue weighted by atomic mass is 35.5. The monoisotopic (exact) mass is 284 g/mol. The highest BCUT2D eigenvalue weighted by Gasteiger charge is 2.16. The second-order valence-electron chi connectivity index (χ2n) is 4.46. The molecule has 0 aliphatic rings. The fourth-order valence-corrected chi connectivity index (χ4v) is 1.87. The second-order valence-corrected chi connectivity index (χ2v) is 4.90. The van der Waals surface area contributed by atoms with Crippen molar-refractivity contribution in [3.05, 3.63) is 29.3 Å². The molecule has 0 saturated carbocycles. The third-order valence-corrected chi connectivity index (χ3v) is 3.02. The molecule has 4 nitrogen and oxygen atoms in total. The molecule has 19 heavy (non-hydrogen) atoms. The lowest BCUT2D eigenvalue weighted by Gasteiger charge is -2.21. The third-order valence-electron chi connectivity index (χ3n) is 2.78. The molecule has 0 aromatic heterocycles. The van der Waals surface area contributed by atoms with Gasteiger partial charge in [0.15, 0.2) is 0 Å². The van der Waals surface area contributed by atoms with Crippen LogP contribution in [0.3, 0.4) is 0 Å². The van der Waals surface area contributed by atoms with E-state index in [1.165, 1.54) is 0 Å². The summed E-state index contributed by atoms with van der Waals surface area (Å²) in [5.41, 5.74) is 5.78. The van der Waals surface area contributed by atoms with Crippen molar-refractivity contribution >= 4 is 17.5 Å². The number of hydrogen-bond acceptors (Lipinski definition) is 3. The summed E-state index contributed by atoms with van der Waals surface area (Å²) in [5.74, 6) is 0.655. The molecule has 0 spiro atoms. The molecule has 1 atom stereocenters. The number of likely N-dealkylation sites (N-methyl/N-ethyl adjacent to an activating group) is 1. The first-order valence-electron chi connectivity index (χ1n) is 6.43. The van der Waals surface area contributed by atoms with E-state index in [1.54, 1.807) is 24.1 Å². The van der Waals surface area contributed by atoms with E-state index in [4.69, 9.17) is 22.1 Å². The van der Waals surface area contributed by atoms with E-state index in [9.17, 15) is 4.79 Å². The highest BCUT2D eigenvalue weighted by molar-refractivity contribution is 6.30. The van der Waals surface area contributed by atoms with Crippen molar-refractivity contribution in [1.29, 1.82) is 0 Å². The number of carbonyl (C=O) groups excluding carboxylic acids is 1. The molecule has 0 radical (unpaired) electrons. The van der Waals surface area contributed by atoms with Gasteiger partial charge in [0, 0.05) is 12.1 Å². The topological polar surface area (TPSA) is 55.6 Å². The predicted molar refractivity (Wildman–Crippen MR) is 77.5 cm³/mol. The van der Waals surface area contributed by atoms with Crippen molar-refractivity contribution in [3.8, 4) is 5.75 Å². The molecule has 2 N–H and O–H groups in total. The summed E-state index contributed by atoms with van der Waals surface area (Å²) >= 11 is 5.85. The van der Waals surface area contributed by atoms with Crippen molar-refractivity contribution in [2.45, 2.75) is 25.8 Å². The van der Waals surface area contributed by atoms with Gasteiger partial charge in [0.1, 0.15) is 12.4 Å². The van der Waals surface area contributed by atoms with Gasteiger partial charge in [0.2, 0.25) is 5.91 Å². The number of halogens is 1. The van der Waals surface area contributed by atoms with Crippen LogP contribution in [-0.4, -0.2) is 37.0 Å². The van der Waals surface area contributed by atoms with Crippen molar-refractivity contribution in [3.63, 3.8) is 0 Å². The largest absolute Gasteiger partial charge is 0.492 e. The van der Waals surface area contributed by atoms with Crippen LogP contribution in [0.2, 0.25) is 5.02 Å². The average Bonchev–Trinajstić information content (AvgIpc) is 2.38. The molecule has 1 rings (SSSR count). The summed E-state index contributed by atoms with van der Waals surface area (Å²) in [6.45, 7) is 2.93. The Balaban J connectivity index is 2.34. The lowest BCUT2D eigenvalue weighted by Crippen LogP contribution is -2.43. The lowest BCUT2D eigenvalue weighted by atomic mass is 10.1. The Kier molecular flexibility index (Phi) is 6.67. The minimum absolute atomic E-state index is 0.0449. The Morgan fingerprint density at radius 1 is 1.53 bits per heavy atom. The van der Waals surface area contributed by atoms with Crippen LogP contribution in [0.4, 0.5) is 0 Å². The molecular formula is C14H21ClN2O2. The quantitative estimate of drug-likeness (QED) is 0.836. The summed E-state index contributed by atoms with van der Waals surface area (Å²) in [6.07, 6.45) is 1.61. The SMILES string of the molecule is CCC[C@@H](N)C(=O)N(C)CCOc1cccc(Cl)c1. The fourth-order valence-electron chi connectivity index (χ4n) is 1.68. The summed E-state index contributed by atoms with van der Waals surface area (Å²) in [5, 5.41) is 0.631. The van der Waals surface area contributed by atoms with E-state index in [-0.39, 0.29) is 5.91 Å². The molecule has 0 aliphatic carbocycles. The molecule has 1 aromatic carbocycles. The molecule has 5 heteroatoms. The van der Waals surface area contributed by atoms with Crippen LogP contribution in [0.15, 0.2) is 24.3 Å². The maximum absolute atomic E-state index is 11.9.